The molecule has 1 aliphatic rings. The number of hydrogen-bond acceptors (Lipinski definition) is 5. The summed E-state index contributed by atoms with van der Waals surface area (Å²) in [6.07, 6.45) is 2.39. The third-order valence-electron chi connectivity index (χ3n) is 2.58. The molecular formula is C14H20N2O4. The summed E-state index contributed by atoms with van der Waals surface area (Å²) in [4.78, 5) is 10.2. The minimum atomic E-state index is -1.03. The van der Waals surface area contributed by atoms with Gasteiger partial charge in [-0.3, -0.25) is 0 Å². The van der Waals surface area contributed by atoms with Gasteiger partial charge in [-0.05, 0) is 23.8 Å². The number of phenols is 1. The van der Waals surface area contributed by atoms with Crippen molar-refractivity contribution in [1.82, 2.24) is 10.6 Å². The van der Waals surface area contributed by atoms with Gasteiger partial charge >= 0.3 is 5.97 Å². The van der Waals surface area contributed by atoms with Crippen LogP contribution < -0.4 is 15.4 Å². The van der Waals surface area contributed by atoms with Gasteiger partial charge in [0.25, 0.3) is 0 Å². The van der Waals surface area contributed by atoms with Crippen LogP contribution in [0.4, 0.5) is 0 Å². The SMILES string of the molecule is C1CNCCN1.COc1ccc(/C=C/C(=O)O)cc1O. The molecule has 6 heteroatoms. The Bertz CT molecular complexity index is 445. The van der Waals surface area contributed by atoms with Gasteiger partial charge in [-0.25, -0.2) is 4.79 Å². The molecule has 20 heavy (non-hydrogen) atoms. The third-order valence-corrected chi connectivity index (χ3v) is 2.58. The number of nitrogens with one attached hydrogen (secondary N) is 2. The van der Waals surface area contributed by atoms with E-state index in [-0.39, 0.29) is 5.75 Å². The molecule has 0 unspecified atom stereocenters. The summed E-state index contributed by atoms with van der Waals surface area (Å²) in [6.45, 7) is 4.56. The van der Waals surface area contributed by atoms with Crippen LogP contribution in [0.1, 0.15) is 5.56 Å². The average molecular weight is 280 g/mol. The maximum atomic E-state index is 10.2. The van der Waals surface area contributed by atoms with Crippen LogP contribution >= 0.6 is 0 Å². The lowest BCUT2D eigenvalue weighted by Crippen LogP contribution is -2.39. The highest BCUT2D eigenvalue weighted by Gasteiger charge is 2.00. The fraction of sp³-hybridized carbons (Fsp3) is 0.357. The number of carboxylic acid groups (broad SMARTS) is 1. The lowest BCUT2D eigenvalue weighted by atomic mass is 10.2. The van der Waals surface area contributed by atoms with E-state index in [0.29, 0.717) is 11.3 Å². The number of benzene rings is 1. The van der Waals surface area contributed by atoms with Gasteiger partial charge in [-0.1, -0.05) is 6.07 Å². The van der Waals surface area contributed by atoms with Crippen molar-refractivity contribution in [2.75, 3.05) is 33.3 Å². The summed E-state index contributed by atoms with van der Waals surface area (Å²) in [6, 6.07) is 4.65. The maximum Gasteiger partial charge on any atom is 0.328 e. The van der Waals surface area contributed by atoms with E-state index in [0.717, 1.165) is 32.3 Å². The number of carboxylic acids is 1. The Balaban J connectivity index is 0.000000276. The third kappa shape index (κ3) is 6.21. The summed E-state index contributed by atoms with van der Waals surface area (Å²) in [5.41, 5.74) is 0.603. The Hall–Kier alpha value is -2.05. The van der Waals surface area contributed by atoms with Gasteiger partial charge in [0, 0.05) is 32.3 Å². The van der Waals surface area contributed by atoms with Gasteiger partial charge in [-0.15, -0.1) is 0 Å². The molecule has 1 aromatic rings. The zero-order valence-corrected chi connectivity index (χ0v) is 11.4. The zero-order valence-electron chi connectivity index (χ0n) is 11.4. The molecule has 4 N–H and O–H groups in total. The van der Waals surface area contributed by atoms with Crippen molar-refractivity contribution in [3.05, 3.63) is 29.8 Å². The Morgan fingerprint density at radius 3 is 2.25 bits per heavy atom. The number of aliphatic carboxylic acids is 1. The molecule has 0 radical (unpaired) electrons. The van der Waals surface area contributed by atoms with Gasteiger partial charge in [0.05, 0.1) is 7.11 Å². The average Bonchev–Trinajstić information content (AvgIpc) is 2.48. The van der Waals surface area contributed by atoms with Crippen molar-refractivity contribution in [2.45, 2.75) is 0 Å². The van der Waals surface area contributed by atoms with Gasteiger partial charge in [-0.2, -0.15) is 0 Å². The van der Waals surface area contributed by atoms with Crippen molar-refractivity contribution in [2.24, 2.45) is 0 Å². The van der Waals surface area contributed by atoms with Crippen LogP contribution in [0.15, 0.2) is 24.3 Å². The fourth-order valence-corrected chi connectivity index (χ4v) is 1.58. The van der Waals surface area contributed by atoms with Gasteiger partial charge in [0.15, 0.2) is 11.5 Å². The Labute approximate surface area is 118 Å². The maximum absolute atomic E-state index is 10.2. The summed E-state index contributed by atoms with van der Waals surface area (Å²) in [7, 11) is 1.45. The van der Waals surface area contributed by atoms with E-state index in [4.69, 9.17) is 9.84 Å². The highest BCUT2D eigenvalue weighted by Crippen LogP contribution is 2.26. The van der Waals surface area contributed by atoms with Crippen molar-refractivity contribution >= 4 is 12.0 Å². The zero-order chi connectivity index (χ0) is 14.8. The first-order valence-corrected chi connectivity index (χ1v) is 6.33. The number of aromatic hydroxyl groups is 1. The number of rotatable bonds is 3. The lowest BCUT2D eigenvalue weighted by Gasteiger charge is -2.11. The van der Waals surface area contributed by atoms with E-state index >= 15 is 0 Å². The predicted octanol–water partition coefficient (Wildman–Crippen LogP) is 0.678. The molecule has 6 nitrogen and oxygen atoms in total. The summed E-state index contributed by atoms with van der Waals surface area (Å²) >= 11 is 0. The molecule has 0 saturated carbocycles. The van der Waals surface area contributed by atoms with Crippen LogP contribution in [0, 0.1) is 0 Å². The molecule has 0 atom stereocenters. The molecule has 0 aliphatic carbocycles. The number of hydrogen-bond donors (Lipinski definition) is 4. The molecule has 110 valence electrons. The molecule has 1 fully saturated rings. The van der Waals surface area contributed by atoms with Crippen LogP contribution in [0.2, 0.25) is 0 Å². The first-order chi connectivity index (χ1) is 9.63. The van der Waals surface area contributed by atoms with Crippen molar-refractivity contribution in [3.63, 3.8) is 0 Å². The molecule has 1 aliphatic heterocycles. The quantitative estimate of drug-likeness (QED) is 0.609. The first-order valence-electron chi connectivity index (χ1n) is 6.33. The standard InChI is InChI=1S/C10H10O4.C4H10N2/c1-14-9-4-2-7(6-8(9)11)3-5-10(12)13;1-2-6-4-3-5-1/h2-6,11H,1H3,(H,12,13);5-6H,1-4H2/b5-3+;. The second-order valence-electron chi connectivity index (χ2n) is 4.10. The van der Waals surface area contributed by atoms with Crippen molar-refractivity contribution < 1.29 is 19.7 Å². The Morgan fingerprint density at radius 2 is 1.85 bits per heavy atom. The second-order valence-corrected chi connectivity index (χ2v) is 4.10. The topological polar surface area (TPSA) is 90.8 Å². The molecular weight excluding hydrogens is 260 g/mol. The van der Waals surface area contributed by atoms with E-state index in [1.54, 1.807) is 12.1 Å². The van der Waals surface area contributed by atoms with Crippen molar-refractivity contribution in [1.29, 1.82) is 0 Å². The summed E-state index contributed by atoms with van der Waals surface area (Å²) in [5, 5.41) is 24.2. The lowest BCUT2D eigenvalue weighted by molar-refractivity contribution is -0.131. The molecule has 0 spiro atoms. The summed E-state index contributed by atoms with van der Waals surface area (Å²) < 4.78 is 4.84. The molecule has 1 saturated heterocycles. The van der Waals surface area contributed by atoms with Crippen LogP contribution in [-0.4, -0.2) is 49.5 Å². The fourth-order valence-electron chi connectivity index (χ4n) is 1.58. The number of piperazine rings is 1. The van der Waals surface area contributed by atoms with E-state index in [9.17, 15) is 9.90 Å². The van der Waals surface area contributed by atoms with Gasteiger partial charge in [0.1, 0.15) is 0 Å². The Morgan fingerprint density at radius 1 is 1.25 bits per heavy atom. The van der Waals surface area contributed by atoms with Crippen LogP contribution in [0.25, 0.3) is 6.08 Å². The smallest absolute Gasteiger partial charge is 0.328 e. The first kappa shape index (κ1) is 16.0. The van der Waals surface area contributed by atoms with E-state index < -0.39 is 5.97 Å². The number of methoxy groups -OCH3 is 1. The molecule has 0 bridgehead atoms. The van der Waals surface area contributed by atoms with Crippen LogP contribution in [0.3, 0.4) is 0 Å². The second kappa shape index (κ2) is 8.95. The number of phenolic OH excluding ortho intramolecular Hbond substituents is 1. The molecule has 2 rings (SSSR count). The van der Waals surface area contributed by atoms with Crippen molar-refractivity contribution in [3.8, 4) is 11.5 Å². The Kier molecular flexibility index (Phi) is 7.16. The largest absolute Gasteiger partial charge is 0.504 e. The monoisotopic (exact) mass is 280 g/mol. The molecule has 1 aromatic carbocycles. The van der Waals surface area contributed by atoms with Gasteiger partial charge in [0.2, 0.25) is 0 Å². The highest BCUT2D eigenvalue weighted by atomic mass is 16.5. The molecule has 0 amide bonds. The minimum absolute atomic E-state index is 0.0139. The predicted molar refractivity (Wildman–Crippen MR) is 77.1 cm³/mol. The minimum Gasteiger partial charge on any atom is -0.504 e. The number of ether oxygens (including phenoxy) is 1. The van der Waals surface area contributed by atoms with E-state index in [1.807, 2.05) is 0 Å². The molecule has 0 aromatic heterocycles. The molecule has 1 heterocycles. The van der Waals surface area contributed by atoms with Crippen LogP contribution in [-0.2, 0) is 4.79 Å². The number of carbonyl (C=O) groups is 1. The highest BCUT2D eigenvalue weighted by molar-refractivity contribution is 5.85. The van der Waals surface area contributed by atoms with E-state index in [1.165, 1.54) is 19.3 Å². The normalized spacial score (nSPS) is 14.4. The van der Waals surface area contributed by atoms with Crippen LogP contribution in [0.5, 0.6) is 11.5 Å². The van der Waals surface area contributed by atoms with E-state index in [2.05, 4.69) is 10.6 Å². The van der Waals surface area contributed by atoms with Gasteiger partial charge < -0.3 is 25.6 Å². The summed E-state index contributed by atoms with van der Waals surface area (Å²) in [5.74, 6) is -0.683.